The average molecular weight is 235 g/mol. The van der Waals surface area contributed by atoms with Crippen LogP contribution in [-0.4, -0.2) is 12.3 Å². The van der Waals surface area contributed by atoms with Gasteiger partial charge in [-0.25, -0.2) is 18.7 Å². The van der Waals surface area contributed by atoms with Gasteiger partial charge in [-0.1, -0.05) is 0 Å². The molecule has 6 heteroatoms. The molecular formula is C10H12F3NO2. The Bertz CT molecular complexity index is 377. The van der Waals surface area contributed by atoms with Crippen molar-refractivity contribution in [1.82, 2.24) is 5.48 Å². The van der Waals surface area contributed by atoms with Crippen molar-refractivity contribution in [1.29, 1.82) is 0 Å². The highest BCUT2D eigenvalue weighted by Crippen LogP contribution is 2.32. The van der Waals surface area contributed by atoms with Gasteiger partial charge in [0.05, 0.1) is 7.11 Å². The molecule has 0 bridgehead atoms. The fourth-order valence-electron chi connectivity index (χ4n) is 1.35. The fraction of sp³-hybridized carbons (Fsp3) is 0.400. The molecule has 0 atom stereocenters. The van der Waals surface area contributed by atoms with Crippen LogP contribution < -0.4 is 10.2 Å². The van der Waals surface area contributed by atoms with Crippen LogP contribution in [0.5, 0.6) is 5.75 Å². The van der Waals surface area contributed by atoms with Gasteiger partial charge in [-0.3, -0.25) is 0 Å². The van der Waals surface area contributed by atoms with Crippen molar-refractivity contribution in [2.75, 3.05) is 7.11 Å². The predicted molar refractivity (Wildman–Crippen MR) is 51.1 cm³/mol. The number of benzene rings is 1. The third-order valence-corrected chi connectivity index (χ3v) is 2.10. The first-order valence-electron chi connectivity index (χ1n) is 4.51. The second kappa shape index (κ2) is 4.71. The smallest absolute Gasteiger partial charge is 0.270 e. The molecule has 0 saturated carbocycles. The monoisotopic (exact) mass is 235 g/mol. The lowest BCUT2D eigenvalue weighted by molar-refractivity contribution is 0.0169. The number of ether oxygens (including phenoxy) is 1. The Hall–Kier alpha value is -1.27. The number of alkyl halides is 2. The van der Waals surface area contributed by atoms with Crippen LogP contribution in [0.2, 0.25) is 0 Å². The highest BCUT2D eigenvalue weighted by Gasteiger charge is 2.27. The van der Waals surface area contributed by atoms with Gasteiger partial charge in [0, 0.05) is 24.6 Å². The summed E-state index contributed by atoms with van der Waals surface area (Å²) < 4.78 is 44.1. The van der Waals surface area contributed by atoms with Crippen molar-refractivity contribution >= 4 is 0 Å². The molecule has 3 nitrogen and oxygen atoms in total. The van der Waals surface area contributed by atoms with Gasteiger partial charge in [-0.05, 0) is 12.1 Å². The maximum Gasteiger partial charge on any atom is 0.270 e. The number of methoxy groups -OCH3 is 1. The zero-order valence-electron chi connectivity index (χ0n) is 8.85. The summed E-state index contributed by atoms with van der Waals surface area (Å²) in [6, 6.07) is 1.81. The lowest BCUT2D eigenvalue weighted by Gasteiger charge is -2.15. The Morgan fingerprint density at radius 2 is 2.06 bits per heavy atom. The number of hydroxylamine groups is 1. The summed E-state index contributed by atoms with van der Waals surface area (Å²) >= 11 is 0. The molecule has 0 aromatic heterocycles. The summed E-state index contributed by atoms with van der Waals surface area (Å²) in [6.45, 7) is 0.494. The lowest BCUT2D eigenvalue weighted by atomic mass is 10.0. The van der Waals surface area contributed by atoms with Crippen molar-refractivity contribution < 1.29 is 23.1 Å². The molecule has 0 radical (unpaired) electrons. The van der Waals surface area contributed by atoms with E-state index in [1.807, 2.05) is 0 Å². The highest BCUT2D eigenvalue weighted by molar-refractivity contribution is 5.40. The van der Waals surface area contributed by atoms with Gasteiger partial charge in [0.1, 0.15) is 0 Å². The van der Waals surface area contributed by atoms with E-state index in [-0.39, 0.29) is 17.9 Å². The van der Waals surface area contributed by atoms with Crippen LogP contribution in [-0.2, 0) is 12.5 Å². The minimum atomic E-state index is -3.14. The first kappa shape index (κ1) is 12.8. The zero-order chi connectivity index (χ0) is 12.3. The molecule has 0 saturated heterocycles. The molecule has 1 aromatic rings. The van der Waals surface area contributed by atoms with Gasteiger partial charge in [0.25, 0.3) is 5.92 Å². The average Bonchev–Trinajstić information content (AvgIpc) is 2.16. The van der Waals surface area contributed by atoms with E-state index in [4.69, 9.17) is 9.94 Å². The minimum Gasteiger partial charge on any atom is -0.493 e. The van der Waals surface area contributed by atoms with Gasteiger partial charge >= 0.3 is 0 Å². The third kappa shape index (κ3) is 2.65. The van der Waals surface area contributed by atoms with Gasteiger partial charge in [0.15, 0.2) is 11.6 Å². The zero-order valence-corrected chi connectivity index (χ0v) is 8.85. The van der Waals surface area contributed by atoms with E-state index < -0.39 is 17.3 Å². The number of hydrogen-bond acceptors (Lipinski definition) is 3. The van der Waals surface area contributed by atoms with Gasteiger partial charge in [0.2, 0.25) is 0 Å². The molecule has 0 fully saturated rings. The SMILES string of the molecule is COc1c(F)cc(C(C)(F)F)cc1CNO. The molecule has 0 heterocycles. The van der Waals surface area contributed by atoms with E-state index in [1.165, 1.54) is 7.11 Å². The van der Waals surface area contributed by atoms with Crippen molar-refractivity contribution in [3.05, 3.63) is 29.1 Å². The maximum absolute atomic E-state index is 13.4. The number of hydrogen-bond donors (Lipinski definition) is 2. The second-order valence-electron chi connectivity index (χ2n) is 3.37. The largest absolute Gasteiger partial charge is 0.493 e. The van der Waals surface area contributed by atoms with E-state index in [9.17, 15) is 13.2 Å². The lowest BCUT2D eigenvalue weighted by Crippen LogP contribution is -2.13. The molecule has 1 rings (SSSR count). The van der Waals surface area contributed by atoms with E-state index >= 15 is 0 Å². The van der Waals surface area contributed by atoms with Crippen molar-refractivity contribution in [2.24, 2.45) is 0 Å². The summed E-state index contributed by atoms with van der Waals surface area (Å²) in [5.74, 6) is -4.18. The van der Waals surface area contributed by atoms with Crippen LogP contribution in [0.1, 0.15) is 18.1 Å². The van der Waals surface area contributed by atoms with Crippen LogP contribution in [0.3, 0.4) is 0 Å². The second-order valence-corrected chi connectivity index (χ2v) is 3.37. The number of nitrogens with one attached hydrogen (secondary N) is 1. The molecule has 0 aliphatic heterocycles. The standard InChI is InChI=1S/C10H12F3NO2/c1-10(12,13)7-3-6(5-14-15)9(16-2)8(11)4-7/h3-4,14-15H,5H2,1-2H3. The van der Waals surface area contributed by atoms with Crippen molar-refractivity contribution in [3.8, 4) is 5.75 Å². The van der Waals surface area contributed by atoms with Crippen LogP contribution in [0.15, 0.2) is 12.1 Å². The molecule has 90 valence electrons. The van der Waals surface area contributed by atoms with Crippen LogP contribution in [0.4, 0.5) is 13.2 Å². The Balaban J connectivity index is 3.28. The quantitative estimate of drug-likeness (QED) is 0.787. The minimum absolute atomic E-state index is 0.126. The van der Waals surface area contributed by atoms with Gasteiger partial charge < -0.3 is 9.94 Å². The Morgan fingerprint density at radius 1 is 1.44 bits per heavy atom. The van der Waals surface area contributed by atoms with E-state index in [0.29, 0.717) is 6.92 Å². The molecule has 1 aromatic carbocycles. The number of rotatable bonds is 4. The molecule has 16 heavy (non-hydrogen) atoms. The molecule has 0 spiro atoms. The molecule has 0 amide bonds. The highest BCUT2D eigenvalue weighted by atomic mass is 19.3. The van der Waals surface area contributed by atoms with Crippen molar-refractivity contribution in [3.63, 3.8) is 0 Å². The normalized spacial score (nSPS) is 11.6. The van der Waals surface area contributed by atoms with Crippen molar-refractivity contribution in [2.45, 2.75) is 19.4 Å². The van der Waals surface area contributed by atoms with Gasteiger partial charge in [-0.15, -0.1) is 0 Å². The Kier molecular flexibility index (Phi) is 3.77. The van der Waals surface area contributed by atoms with Crippen LogP contribution in [0.25, 0.3) is 0 Å². The van der Waals surface area contributed by atoms with Gasteiger partial charge in [-0.2, -0.15) is 0 Å². The van der Waals surface area contributed by atoms with Crippen LogP contribution >= 0.6 is 0 Å². The van der Waals surface area contributed by atoms with E-state index in [2.05, 4.69) is 0 Å². The summed E-state index contributed by atoms with van der Waals surface area (Å²) in [5, 5.41) is 8.51. The Labute approximate surface area is 90.8 Å². The summed E-state index contributed by atoms with van der Waals surface area (Å²) in [4.78, 5) is 0. The first-order chi connectivity index (χ1) is 7.40. The molecule has 0 unspecified atom stereocenters. The summed E-state index contributed by atoms with van der Waals surface area (Å²) in [5.41, 5.74) is 1.44. The molecular weight excluding hydrogens is 223 g/mol. The van der Waals surface area contributed by atoms with E-state index in [0.717, 1.165) is 12.1 Å². The topological polar surface area (TPSA) is 41.5 Å². The van der Waals surface area contributed by atoms with Crippen LogP contribution in [0, 0.1) is 5.82 Å². The predicted octanol–water partition coefficient (Wildman–Crippen LogP) is 2.42. The molecule has 2 N–H and O–H groups in total. The third-order valence-electron chi connectivity index (χ3n) is 2.10. The summed E-state index contributed by atoms with van der Waals surface area (Å²) in [6.07, 6.45) is 0. The molecule has 0 aliphatic rings. The summed E-state index contributed by atoms with van der Waals surface area (Å²) in [7, 11) is 1.23. The maximum atomic E-state index is 13.4. The molecule has 0 aliphatic carbocycles. The number of halogens is 3. The Morgan fingerprint density at radius 3 is 2.50 bits per heavy atom. The first-order valence-corrected chi connectivity index (χ1v) is 4.51. The fourth-order valence-corrected chi connectivity index (χ4v) is 1.35. The van der Waals surface area contributed by atoms with E-state index in [1.54, 1.807) is 5.48 Å².